The van der Waals surface area contributed by atoms with Crippen LogP contribution in [0.4, 0.5) is 17.5 Å². The third kappa shape index (κ3) is 3.66. The number of primary amides is 2. The molecule has 2 aliphatic carbocycles. The highest BCUT2D eigenvalue weighted by Gasteiger charge is 2.49. The van der Waals surface area contributed by atoms with Gasteiger partial charge in [0.05, 0.1) is 10.7 Å². The normalized spacial score (nSPS) is 21.0. The van der Waals surface area contributed by atoms with Crippen LogP contribution < -0.4 is 32.8 Å². The van der Waals surface area contributed by atoms with Crippen LogP contribution in [0, 0.1) is 5.92 Å². The van der Waals surface area contributed by atoms with Crippen LogP contribution in [-0.4, -0.2) is 38.7 Å². The molecular weight excluding hydrogens is 398 g/mol. The Hall–Kier alpha value is -3.63. The molecule has 1 aliphatic heterocycles. The first-order valence-corrected chi connectivity index (χ1v) is 10.4. The number of nitrogens with one attached hydrogen (secondary N) is 2. The number of aromatic nitrogens is 3. The molecule has 0 radical (unpaired) electrons. The third-order valence-corrected chi connectivity index (χ3v) is 6.10. The Morgan fingerprint density at radius 1 is 1.03 bits per heavy atom. The van der Waals surface area contributed by atoms with E-state index in [9.17, 15) is 9.59 Å². The number of hydrogen-bond acceptors (Lipinski definition) is 9. The van der Waals surface area contributed by atoms with Crippen molar-refractivity contribution in [3.8, 4) is 0 Å². The minimum atomic E-state index is -0.865. The van der Waals surface area contributed by atoms with Crippen molar-refractivity contribution in [2.24, 2.45) is 27.4 Å². The fourth-order valence-corrected chi connectivity index (χ4v) is 4.13. The zero-order valence-corrected chi connectivity index (χ0v) is 16.8. The summed E-state index contributed by atoms with van der Waals surface area (Å²) in [7, 11) is 0. The Balaban J connectivity index is 1.42. The first-order chi connectivity index (χ1) is 14.9. The van der Waals surface area contributed by atoms with E-state index in [-0.39, 0.29) is 23.6 Å². The van der Waals surface area contributed by atoms with Crippen molar-refractivity contribution in [3.05, 3.63) is 34.6 Å². The van der Waals surface area contributed by atoms with E-state index in [1.165, 1.54) is 12.8 Å². The van der Waals surface area contributed by atoms with Gasteiger partial charge in [-0.15, -0.1) is 10.2 Å². The number of nitrogens with zero attached hydrogens (tertiary/aromatic N) is 5. The summed E-state index contributed by atoms with van der Waals surface area (Å²) in [6.07, 6.45) is 5.95. The highest BCUT2D eigenvalue weighted by atomic mass is 16.2. The lowest BCUT2D eigenvalue weighted by atomic mass is 10.1. The molecule has 0 bridgehead atoms. The number of nitrogens with two attached hydrogens (primary N) is 2. The average molecular weight is 421 g/mol. The molecule has 160 valence electrons. The van der Waals surface area contributed by atoms with Crippen LogP contribution in [0.25, 0.3) is 0 Å². The van der Waals surface area contributed by atoms with Crippen molar-refractivity contribution < 1.29 is 9.59 Å². The molecule has 5 rings (SSSR count). The minimum Gasteiger partial charge on any atom is -0.368 e. The number of amides is 2. The van der Waals surface area contributed by atoms with Crippen molar-refractivity contribution in [2.75, 3.05) is 10.6 Å². The molecule has 6 N–H and O–H groups in total. The Morgan fingerprint density at radius 3 is 2.45 bits per heavy atom. The van der Waals surface area contributed by atoms with Crippen molar-refractivity contribution >= 4 is 29.3 Å². The molecule has 2 fully saturated rings. The second-order valence-electron chi connectivity index (χ2n) is 8.31. The van der Waals surface area contributed by atoms with E-state index < -0.39 is 17.4 Å². The smallest absolute Gasteiger partial charge is 0.273 e. The second kappa shape index (κ2) is 7.25. The number of hydrogen-bond donors (Lipinski definition) is 4. The molecule has 0 spiro atoms. The summed E-state index contributed by atoms with van der Waals surface area (Å²) in [5, 5.41) is 15.4. The van der Waals surface area contributed by atoms with Crippen molar-refractivity contribution in [1.29, 1.82) is 0 Å². The highest BCUT2D eigenvalue weighted by Crippen LogP contribution is 2.38. The Bertz CT molecular complexity index is 1190. The molecule has 2 saturated carbocycles. The van der Waals surface area contributed by atoms with Crippen molar-refractivity contribution in [1.82, 2.24) is 15.2 Å². The Kier molecular flexibility index (Phi) is 4.53. The van der Waals surface area contributed by atoms with E-state index in [1.807, 2.05) is 18.2 Å². The highest BCUT2D eigenvalue weighted by molar-refractivity contribution is 5.96. The quantitative estimate of drug-likeness (QED) is 0.483. The van der Waals surface area contributed by atoms with E-state index >= 15 is 0 Å². The van der Waals surface area contributed by atoms with Gasteiger partial charge in [0.25, 0.3) is 5.91 Å². The van der Waals surface area contributed by atoms with Crippen LogP contribution in [-0.2, 0) is 4.79 Å². The predicted molar refractivity (Wildman–Crippen MR) is 111 cm³/mol. The summed E-state index contributed by atoms with van der Waals surface area (Å²) in [6.45, 7) is 0. The topological polar surface area (TPSA) is 174 Å². The van der Waals surface area contributed by atoms with Crippen LogP contribution in [0.5, 0.6) is 0 Å². The second-order valence-corrected chi connectivity index (χ2v) is 8.31. The molecular formula is C20H23N9O2. The molecule has 11 nitrogen and oxygen atoms in total. The van der Waals surface area contributed by atoms with Gasteiger partial charge >= 0.3 is 0 Å². The maximum atomic E-state index is 11.8. The molecule has 3 aliphatic rings. The van der Waals surface area contributed by atoms with E-state index in [2.05, 4.69) is 25.8 Å². The van der Waals surface area contributed by atoms with Gasteiger partial charge in [-0.2, -0.15) is 4.98 Å². The molecule has 0 saturated heterocycles. The molecule has 1 atom stereocenters. The van der Waals surface area contributed by atoms with Crippen LogP contribution in [0.15, 0.2) is 28.2 Å². The summed E-state index contributed by atoms with van der Waals surface area (Å²) >= 11 is 0. The van der Waals surface area contributed by atoms with Gasteiger partial charge in [0.1, 0.15) is 11.7 Å². The summed E-state index contributed by atoms with van der Waals surface area (Å²) < 4.78 is 0. The fraction of sp³-hybridized carbons (Fsp3) is 0.450. The lowest BCUT2D eigenvalue weighted by Gasteiger charge is -2.14. The first-order valence-electron chi connectivity index (χ1n) is 10.4. The molecule has 11 heteroatoms. The molecule has 1 unspecified atom stereocenters. The number of carbonyl (C=O) groups is 2. The number of fused-ring (bicyclic) bond motifs is 1. The fourth-order valence-electron chi connectivity index (χ4n) is 4.13. The zero-order chi connectivity index (χ0) is 21.6. The summed E-state index contributed by atoms with van der Waals surface area (Å²) in [6, 6.07) is 5.58. The van der Waals surface area contributed by atoms with Crippen molar-refractivity contribution in [3.63, 3.8) is 0 Å². The molecule has 1 aromatic heterocycles. The van der Waals surface area contributed by atoms with Crippen LogP contribution in [0.3, 0.4) is 0 Å². The predicted octanol–water partition coefficient (Wildman–Crippen LogP) is -0.0870. The SMILES string of the molecule is NC(=O)c1nnc(NC2(C(N)=O)CC2)nc1Nc1ccc2c(c1)=NC(C1CCCC1)N=2. The van der Waals surface area contributed by atoms with E-state index in [4.69, 9.17) is 21.5 Å². The number of anilines is 3. The summed E-state index contributed by atoms with van der Waals surface area (Å²) in [4.78, 5) is 37.3. The van der Waals surface area contributed by atoms with Gasteiger partial charge in [0.2, 0.25) is 11.9 Å². The standard InChI is InChI=1S/C20H23N9O2/c21-15(30)14-17(26-19(29-28-14)27-20(7-8-20)18(22)31)23-11-5-6-12-13(9-11)25-16(24-12)10-3-1-2-4-10/h5-6,9-10,16H,1-4,7-8H2,(H2,21,30)(H2,22,31)(H2,23,26,27,29). The average Bonchev–Trinajstić information content (AvgIpc) is 3.14. The number of rotatable bonds is 7. The van der Waals surface area contributed by atoms with E-state index in [0.717, 1.165) is 23.6 Å². The van der Waals surface area contributed by atoms with Gasteiger partial charge in [0, 0.05) is 11.6 Å². The van der Waals surface area contributed by atoms with E-state index in [0.29, 0.717) is 24.4 Å². The molecule has 31 heavy (non-hydrogen) atoms. The van der Waals surface area contributed by atoms with Gasteiger partial charge in [-0.1, -0.05) is 12.8 Å². The Morgan fingerprint density at radius 2 is 1.77 bits per heavy atom. The molecule has 2 aromatic rings. The Labute approximate surface area is 177 Å². The summed E-state index contributed by atoms with van der Waals surface area (Å²) in [5.41, 5.74) is 10.6. The lowest BCUT2D eigenvalue weighted by Crippen LogP contribution is -2.38. The maximum Gasteiger partial charge on any atom is 0.273 e. The summed E-state index contributed by atoms with van der Waals surface area (Å²) in [5.74, 6) is -0.527. The monoisotopic (exact) mass is 421 g/mol. The van der Waals surface area contributed by atoms with E-state index in [1.54, 1.807) is 0 Å². The number of benzene rings is 1. The third-order valence-electron chi connectivity index (χ3n) is 6.10. The van der Waals surface area contributed by atoms with Gasteiger partial charge in [0.15, 0.2) is 11.5 Å². The van der Waals surface area contributed by atoms with Gasteiger partial charge < -0.3 is 22.1 Å². The number of carbonyl (C=O) groups excluding carboxylic acids is 2. The van der Waals surface area contributed by atoms with Crippen molar-refractivity contribution in [2.45, 2.75) is 50.2 Å². The maximum absolute atomic E-state index is 11.8. The van der Waals surface area contributed by atoms with Gasteiger partial charge in [-0.3, -0.25) is 19.6 Å². The molecule has 2 heterocycles. The largest absolute Gasteiger partial charge is 0.368 e. The van der Waals surface area contributed by atoms with Crippen LogP contribution >= 0.6 is 0 Å². The first kappa shape index (κ1) is 19.3. The van der Waals surface area contributed by atoms with Crippen LogP contribution in [0.1, 0.15) is 49.0 Å². The van der Waals surface area contributed by atoms with Crippen LogP contribution in [0.2, 0.25) is 0 Å². The molecule has 2 amide bonds. The van der Waals surface area contributed by atoms with Gasteiger partial charge in [-0.05, 0) is 43.9 Å². The molecule has 1 aromatic carbocycles. The van der Waals surface area contributed by atoms with Gasteiger partial charge in [-0.25, -0.2) is 0 Å². The lowest BCUT2D eigenvalue weighted by molar-refractivity contribution is -0.119. The zero-order valence-electron chi connectivity index (χ0n) is 16.8. The minimum absolute atomic E-state index is 0.0195.